The molecular formula is C17H22Cl2. The van der Waals surface area contributed by atoms with E-state index in [1.165, 1.54) is 37.7 Å². The molecule has 0 N–H and O–H groups in total. The van der Waals surface area contributed by atoms with Crippen molar-refractivity contribution in [1.82, 2.24) is 0 Å². The average molecular weight is 297 g/mol. The van der Waals surface area contributed by atoms with E-state index in [1.54, 1.807) is 0 Å². The minimum atomic E-state index is 0.615. The average Bonchev–Trinajstić information content (AvgIpc) is 3.00. The summed E-state index contributed by atoms with van der Waals surface area (Å²) in [5.74, 6) is 4.39. The fraction of sp³-hybridized carbons (Fsp3) is 0.647. The van der Waals surface area contributed by atoms with E-state index in [0.29, 0.717) is 5.92 Å². The lowest BCUT2D eigenvalue weighted by Gasteiger charge is -2.25. The third kappa shape index (κ3) is 3.28. The molecule has 19 heavy (non-hydrogen) atoms. The minimum Gasteiger partial charge on any atom is -0.126 e. The predicted octanol–water partition coefficient (Wildman–Crippen LogP) is 5.56. The van der Waals surface area contributed by atoms with Gasteiger partial charge in [-0.3, -0.25) is 0 Å². The predicted molar refractivity (Wildman–Crippen MR) is 82.9 cm³/mol. The van der Waals surface area contributed by atoms with Crippen LogP contribution in [0.15, 0.2) is 24.3 Å². The van der Waals surface area contributed by atoms with E-state index in [4.69, 9.17) is 23.2 Å². The smallest absolute Gasteiger partial charge is 0.0408 e. The molecule has 2 heteroatoms. The van der Waals surface area contributed by atoms with Crippen molar-refractivity contribution in [2.24, 2.45) is 23.7 Å². The lowest BCUT2D eigenvalue weighted by molar-refractivity contribution is 0.276. The van der Waals surface area contributed by atoms with Crippen molar-refractivity contribution in [2.75, 3.05) is 5.88 Å². The Balaban J connectivity index is 1.59. The van der Waals surface area contributed by atoms with Crippen molar-refractivity contribution in [3.8, 4) is 0 Å². The van der Waals surface area contributed by atoms with E-state index in [-0.39, 0.29) is 0 Å². The van der Waals surface area contributed by atoms with Crippen LogP contribution in [0.1, 0.15) is 37.7 Å². The van der Waals surface area contributed by atoms with Gasteiger partial charge in [-0.05, 0) is 73.5 Å². The molecule has 0 nitrogen and oxygen atoms in total. The highest BCUT2D eigenvalue weighted by molar-refractivity contribution is 6.30. The molecule has 104 valence electrons. The first-order chi connectivity index (χ1) is 9.24. The largest absolute Gasteiger partial charge is 0.126 e. The van der Waals surface area contributed by atoms with E-state index in [1.807, 2.05) is 12.1 Å². The normalized spacial score (nSPS) is 30.7. The van der Waals surface area contributed by atoms with Crippen LogP contribution in [0.4, 0.5) is 0 Å². The standard InChI is InChI=1S/C17H22Cl2/c18-11-14(6-12-2-1-3-17(19)10-12)9-16-8-13-4-5-15(16)7-13/h1-3,10,13-16H,4-9,11H2. The van der Waals surface area contributed by atoms with Gasteiger partial charge in [-0.1, -0.05) is 30.2 Å². The van der Waals surface area contributed by atoms with Crippen LogP contribution in [-0.4, -0.2) is 5.88 Å². The molecule has 0 aromatic heterocycles. The number of alkyl halides is 1. The fourth-order valence-electron chi connectivity index (χ4n) is 4.29. The monoisotopic (exact) mass is 296 g/mol. The van der Waals surface area contributed by atoms with Gasteiger partial charge >= 0.3 is 0 Å². The zero-order valence-electron chi connectivity index (χ0n) is 11.3. The summed E-state index contributed by atoms with van der Waals surface area (Å²) >= 11 is 12.3. The Kier molecular flexibility index (Phi) is 4.39. The first-order valence-corrected chi connectivity index (χ1v) is 8.46. The Morgan fingerprint density at radius 3 is 2.74 bits per heavy atom. The van der Waals surface area contributed by atoms with Gasteiger partial charge in [0.2, 0.25) is 0 Å². The topological polar surface area (TPSA) is 0 Å². The molecule has 0 heterocycles. The van der Waals surface area contributed by atoms with Crippen LogP contribution < -0.4 is 0 Å². The van der Waals surface area contributed by atoms with Crippen LogP contribution in [-0.2, 0) is 6.42 Å². The van der Waals surface area contributed by atoms with Gasteiger partial charge in [-0.25, -0.2) is 0 Å². The summed E-state index contributed by atoms with van der Waals surface area (Å²) in [6.07, 6.45) is 8.32. The van der Waals surface area contributed by atoms with Gasteiger partial charge in [0.25, 0.3) is 0 Å². The van der Waals surface area contributed by atoms with Crippen molar-refractivity contribution in [3.05, 3.63) is 34.9 Å². The molecule has 2 aliphatic rings. The second-order valence-electron chi connectivity index (χ2n) is 6.53. The van der Waals surface area contributed by atoms with Crippen molar-refractivity contribution in [3.63, 3.8) is 0 Å². The van der Waals surface area contributed by atoms with Crippen molar-refractivity contribution in [2.45, 2.75) is 38.5 Å². The van der Waals surface area contributed by atoms with Gasteiger partial charge in [-0.2, -0.15) is 0 Å². The summed E-state index contributed by atoms with van der Waals surface area (Å²) in [6, 6.07) is 8.24. The van der Waals surface area contributed by atoms with Gasteiger partial charge in [0.05, 0.1) is 0 Å². The molecule has 4 unspecified atom stereocenters. The zero-order chi connectivity index (χ0) is 13.2. The number of fused-ring (bicyclic) bond motifs is 2. The minimum absolute atomic E-state index is 0.615. The number of hydrogen-bond donors (Lipinski definition) is 0. The molecule has 0 spiro atoms. The molecule has 2 bridgehead atoms. The Bertz CT molecular complexity index is 429. The van der Waals surface area contributed by atoms with E-state index in [9.17, 15) is 0 Å². The first-order valence-electron chi connectivity index (χ1n) is 7.55. The maximum atomic E-state index is 6.20. The summed E-state index contributed by atoms with van der Waals surface area (Å²) < 4.78 is 0. The number of benzene rings is 1. The van der Waals surface area contributed by atoms with E-state index in [0.717, 1.165) is 35.1 Å². The molecule has 4 atom stereocenters. The SMILES string of the molecule is ClCC(Cc1cccc(Cl)c1)CC1CC2CCC1C2. The van der Waals surface area contributed by atoms with Crippen LogP contribution in [0.25, 0.3) is 0 Å². The van der Waals surface area contributed by atoms with Gasteiger partial charge in [0.1, 0.15) is 0 Å². The second-order valence-corrected chi connectivity index (χ2v) is 7.27. The first kappa shape index (κ1) is 13.8. The maximum Gasteiger partial charge on any atom is 0.0408 e. The van der Waals surface area contributed by atoms with E-state index >= 15 is 0 Å². The molecule has 0 radical (unpaired) electrons. The molecule has 2 aliphatic carbocycles. The maximum absolute atomic E-state index is 6.20. The van der Waals surface area contributed by atoms with Crippen LogP contribution >= 0.6 is 23.2 Å². The van der Waals surface area contributed by atoms with E-state index < -0.39 is 0 Å². The summed E-state index contributed by atoms with van der Waals surface area (Å²) in [5, 5.41) is 0.839. The Morgan fingerprint density at radius 1 is 1.21 bits per heavy atom. The molecule has 2 fully saturated rings. The molecular weight excluding hydrogens is 275 g/mol. The highest BCUT2D eigenvalue weighted by Crippen LogP contribution is 2.50. The van der Waals surface area contributed by atoms with E-state index in [2.05, 4.69) is 12.1 Å². The van der Waals surface area contributed by atoms with Gasteiger partial charge < -0.3 is 0 Å². The molecule has 2 saturated carbocycles. The summed E-state index contributed by atoms with van der Waals surface area (Å²) in [5.41, 5.74) is 1.33. The molecule has 0 amide bonds. The van der Waals surface area contributed by atoms with Crippen molar-refractivity contribution >= 4 is 23.2 Å². The lowest BCUT2D eigenvalue weighted by atomic mass is 9.81. The summed E-state index contributed by atoms with van der Waals surface area (Å²) in [6.45, 7) is 0. The summed E-state index contributed by atoms with van der Waals surface area (Å²) in [7, 11) is 0. The third-order valence-electron chi connectivity index (χ3n) is 5.15. The van der Waals surface area contributed by atoms with Crippen LogP contribution in [0, 0.1) is 23.7 Å². The third-order valence-corrected chi connectivity index (χ3v) is 5.82. The molecule has 0 saturated heterocycles. The molecule has 1 aromatic carbocycles. The zero-order valence-corrected chi connectivity index (χ0v) is 12.8. The van der Waals surface area contributed by atoms with Gasteiger partial charge in [-0.15, -0.1) is 11.6 Å². The van der Waals surface area contributed by atoms with Gasteiger partial charge in [0.15, 0.2) is 0 Å². The lowest BCUT2D eigenvalue weighted by Crippen LogP contribution is -2.17. The highest BCUT2D eigenvalue weighted by atomic mass is 35.5. The van der Waals surface area contributed by atoms with Crippen LogP contribution in [0.5, 0.6) is 0 Å². The molecule has 3 rings (SSSR count). The van der Waals surface area contributed by atoms with Crippen molar-refractivity contribution in [1.29, 1.82) is 0 Å². The summed E-state index contributed by atoms with van der Waals surface area (Å²) in [4.78, 5) is 0. The quantitative estimate of drug-likeness (QED) is 0.624. The van der Waals surface area contributed by atoms with Crippen molar-refractivity contribution < 1.29 is 0 Å². The Morgan fingerprint density at radius 2 is 2.11 bits per heavy atom. The molecule has 0 aliphatic heterocycles. The highest BCUT2D eigenvalue weighted by Gasteiger charge is 2.39. The number of hydrogen-bond acceptors (Lipinski definition) is 0. The van der Waals surface area contributed by atoms with Crippen LogP contribution in [0.2, 0.25) is 5.02 Å². The second kappa shape index (κ2) is 6.06. The number of halogens is 2. The fourth-order valence-corrected chi connectivity index (χ4v) is 4.74. The Hall–Kier alpha value is -0.200. The van der Waals surface area contributed by atoms with Crippen LogP contribution in [0.3, 0.4) is 0 Å². The van der Waals surface area contributed by atoms with Gasteiger partial charge in [0, 0.05) is 10.9 Å². The number of rotatable bonds is 5. The molecule has 1 aromatic rings. The Labute approximate surface area is 126 Å².